The van der Waals surface area contributed by atoms with E-state index < -0.39 is 23.4 Å². The molecule has 4 nitrogen and oxygen atoms in total. The molecule has 0 amide bonds. The van der Waals surface area contributed by atoms with Gasteiger partial charge in [-0.3, -0.25) is 0 Å². The average Bonchev–Trinajstić information content (AvgIpc) is 2.70. The van der Waals surface area contributed by atoms with Crippen LogP contribution in [-0.2, 0) is 9.53 Å². The minimum Gasteiger partial charge on any atom is -0.480 e. The zero-order valence-corrected chi connectivity index (χ0v) is 16.4. The molecule has 1 N–H and O–H groups in total. The molecule has 1 aliphatic rings. The molecule has 160 valence electrons. The number of benzene rings is 3. The molecule has 0 saturated heterocycles. The summed E-state index contributed by atoms with van der Waals surface area (Å²) in [6.45, 7) is -0.310. The highest BCUT2D eigenvalue weighted by molar-refractivity contribution is 5.68. The van der Waals surface area contributed by atoms with Gasteiger partial charge in [-0.15, -0.1) is 0 Å². The highest BCUT2D eigenvalue weighted by Crippen LogP contribution is 2.40. The summed E-state index contributed by atoms with van der Waals surface area (Å²) >= 11 is 0. The van der Waals surface area contributed by atoms with Crippen molar-refractivity contribution >= 4 is 5.97 Å². The van der Waals surface area contributed by atoms with Gasteiger partial charge in [0.05, 0.1) is 6.10 Å². The first-order valence-electron chi connectivity index (χ1n) is 9.75. The molecule has 0 heterocycles. The third-order valence-corrected chi connectivity index (χ3v) is 5.26. The molecule has 0 radical (unpaired) electrons. The Hall–Kier alpha value is -3.32. The van der Waals surface area contributed by atoms with Crippen LogP contribution in [0.4, 0.5) is 13.2 Å². The van der Waals surface area contributed by atoms with Crippen molar-refractivity contribution in [3.63, 3.8) is 0 Å². The maximum atomic E-state index is 14.5. The average molecular weight is 428 g/mol. The normalized spacial score (nSPS) is 17.8. The Balaban J connectivity index is 1.49. The zero-order chi connectivity index (χ0) is 22.0. The second-order valence-corrected chi connectivity index (χ2v) is 7.44. The molecule has 4 rings (SSSR count). The van der Waals surface area contributed by atoms with Crippen molar-refractivity contribution in [3.05, 3.63) is 83.7 Å². The number of carboxylic acids is 1. The van der Waals surface area contributed by atoms with Crippen LogP contribution in [0.1, 0.15) is 24.3 Å². The van der Waals surface area contributed by atoms with E-state index in [0.717, 1.165) is 17.7 Å². The predicted octanol–water partition coefficient (Wildman–Crippen LogP) is 5.91. The van der Waals surface area contributed by atoms with Gasteiger partial charge < -0.3 is 14.6 Å². The molecule has 0 unspecified atom stereocenters. The Labute approximate surface area is 176 Å². The van der Waals surface area contributed by atoms with E-state index >= 15 is 0 Å². The van der Waals surface area contributed by atoms with E-state index in [2.05, 4.69) is 0 Å². The van der Waals surface area contributed by atoms with Crippen LogP contribution in [0.25, 0.3) is 11.1 Å². The Morgan fingerprint density at radius 2 is 1.71 bits per heavy atom. The van der Waals surface area contributed by atoms with Gasteiger partial charge in [-0.05, 0) is 48.1 Å². The highest BCUT2D eigenvalue weighted by atomic mass is 19.2. The molecule has 0 aliphatic heterocycles. The molecular formula is C24H19F3O4. The first kappa shape index (κ1) is 20.9. The Bertz CT molecular complexity index is 1090. The topological polar surface area (TPSA) is 55.8 Å². The lowest BCUT2D eigenvalue weighted by Gasteiger charge is -2.35. The third kappa shape index (κ3) is 4.88. The lowest BCUT2D eigenvalue weighted by Crippen LogP contribution is -2.31. The van der Waals surface area contributed by atoms with Gasteiger partial charge in [-0.25, -0.2) is 18.0 Å². The van der Waals surface area contributed by atoms with Crippen molar-refractivity contribution in [3.8, 4) is 22.6 Å². The molecule has 1 saturated carbocycles. The molecule has 0 spiro atoms. The van der Waals surface area contributed by atoms with Gasteiger partial charge >= 0.3 is 5.97 Å². The summed E-state index contributed by atoms with van der Waals surface area (Å²) in [7, 11) is 0. The molecule has 7 heteroatoms. The molecule has 0 atom stereocenters. The van der Waals surface area contributed by atoms with E-state index in [1.165, 1.54) is 24.3 Å². The van der Waals surface area contributed by atoms with Gasteiger partial charge in [0.1, 0.15) is 23.9 Å². The minimum absolute atomic E-state index is 0.0363. The summed E-state index contributed by atoms with van der Waals surface area (Å²) in [6.07, 6.45) is 1.35. The van der Waals surface area contributed by atoms with Gasteiger partial charge in [-0.2, -0.15) is 0 Å². The smallest absolute Gasteiger partial charge is 0.329 e. The molecule has 0 aromatic heterocycles. The monoisotopic (exact) mass is 428 g/mol. The Kier molecular flexibility index (Phi) is 5.95. The van der Waals surface area contributed by atoms with Crippen LogP contribution in [0.3, 0.4) is 0 Å². The lowest BCUT2D eigenvalue weighted by molar-refractivity contribution is -0.146. The van der Waals surface area contributed by atoms with Gasteiger partial charge in [0.25, 0.3) is 0 Å². The maximum absolute atomic E-state index is 14.5. The first-order valence-corrected chi connectivity index (χ1v) is 9.75. The molecule has 3 aromatic rings. The second kappa shape index (κ2) is 8.81. The van der Waals surface area contributed by atoms with Crippen LogP contribution >= 0.6 is 0 Å². The molecule has 1 aliphatic carbocycles. The molecule has 31 heavy (non-hydrogen) atoms. The van der Waals surface area contributed by atoms with Crippen LogP contribution < -0.4 is 4.74 Å². The number of aliphatic carboxylic acids is 1. The van der Waals surface area contributed by atoms with E-state index in [1.54, 1.807) is 12.1 Å². The number of ether oxygens (including phenoxy) is 2. The van der Waals surface area contributed by atoms with E-state index in [4.69, 9.17) is 14.6 Å². The largest absolute Gasteiger partial charge is 0.480 e. The number of hydrogen-bond donors (Lipinski definition) is 1. The number of carboxylic acid groups (broad SMARTS) is 1. The van der Waals surface area contributed by atoms with Crippen LogP contribution in [0.5, 0.6) is 11.5 Å². The molecular weight excluding hydrogens is 409 g/mol. The van der Waals surface area contributed by atoms with Crippen LogP contribution in [0.2, 0.25) is 0 Å². The van der Waals surface area contributed by atoms with E-state index in [9.17, 15) is 18.0 Å². The molecule has 1 fully saturated rings. The number of hydrogen-bond acceptors (Lipinski definition) is 3. The fourth-order valence-electron chi connectivity index (χ4n) is 3.60. The summed E-state index contributed by atoms with van der Waals surface area (Å²) < 4.78 is 52.7. The predicted molar refractivity (Wildman–Crippen MR) is 108 cm³/mol. The van der Waals surface area contributed by atoms with Crippen LogP contribution in [0.15, 0.2) is 60.7 Å². The standard InChI is InChI=1S/C24H19F3O4/c25-17-2-1-3-18(10-17)31-20-11-21(24(27)22(26)12-20)15-6-4-14(5-7-15)16-8-19(9-16)30-13-23(28)29/h1-7,10-12,16,19H,8-9,13H2,(H,28,29)/t16-,19+. The number of carbonyl (C=O) groups is 1. The van der Waals surface area contributed by atoms with Crippen molar-refractivity contribution in [2.75, 3.05) is 6.61 Å². The van der Waals surface area contributed by atoms with Crippen molar-refractivity contribution in [1.29, 1.82) is 0 Å². The zero-order valence-electron chi connectivity index (χ0n) is 16.4. The summed E-state index contributed by atoms with van der Waals surface area (Å²) in [4.78, 5) is 10.6. The Morgan fingerprint density at radius 1 is 0.968 bits per heavy atom. The fourth-order valence-corrected chi connectivity index (χ4v) is 3.60. The summed E-state index contributed by atoms with van der Waals surface area (Å²) in [5.74, 6) is -3.08. The van der Waals surface area contributed by atoms with Crippen molar-refractivity contribution < 1.29 is 32.5 Å². The lowest BCUT2D eigenvalue weighted by atomic mass is 9.77. The van der Waals surface area contributed by atoms with E-state index in [-0.39, 0.29) is 35.7 Å². The second-order valence-electron chi connectivity index (χ2n) is 7.44. The van der Waals surface area contributed by atoms with Crippen molar-refractivity contribution in [2.24, 2.45) is 0 Å². The van der Waals surface area contributed by atoms with E-state index in [1.807, 2.05) is 12.1 Å². The first-order chi connectivity index (χ1) is 14.9. The summed E-state index contributed by atoms with van der Waals surface area (Å²) in [5, 5.41) is 8.65. The SMILES string of the molecule is O=C(O)CO[C@H]1C[C@@H](c2ccc(-c3cc(Oc4cccc(F)c4)cc(F)c3F)cc2)C1. The number of halogens is 3. The molecule has 0 bridgehead atoms. The molecule has 3 aromatic carbocycles. The summed E-state index contributed by atoms with van der Waals surface area (Å²) in [5.41, 5.74) is 1.53. The summed E-state index contributed by atoms with van der Waals surface area (Å²) in [6, 6.07) is 14.8. The van der Waals surface area contributed by atoms with Crippen LogP contribution in [0, 0.1) is 17.5 Å². The van der Waals surface area contributed by atoms with Gasteiger partial charge in [0, 0.05) is 17.7 Å². The Morgan fingerprint density at radius 3 is 2.39 bits per heavy atom. The van der Waals surface area contributed by atoms with Gasteiger partial charge in [0.15, 0.2) is 11.6 Å². The fraction of sp³-hybridized carbons (Fsp3) is 0.208. The minimum atomic E-state index is -1.06. The van der Waals surface area contributed by atoms with E-state index in [0.29, 0.717) is 18.4 Å². The van der Waals surface area contributed by atoms with Crippen molar-refractivity contribution in [2.45, 2.75) is 24.9 Å². The van der Waals surface area contributed by atoms with Gasteiger partial charge in [0.2, 0.25) is 0 Å². The highest BCUT2D eigenvalue weighted by Gasteiger charge is 2.31. The van der Waals surface area contributed by atoms with Crippen molar-refractivity contribution in [1.82, 2.24) is 0 Å². The van der Waals surface area contributed by atoms with Gasteiger partial charge in [-0.1, -0.05) is 30.3 Å². The quantitative estimate of drug-likeness (QED) is 0.508. The maximum Gasteiger partial charge on any atom is 0.329 e. The third-order valence-electron chi connectivity index (χ3n) is 5.26. The van der Waals surface area contributed by atoms with Crippen LogP contribution in [-0.4, -0.2) is 23.8 Å². The number of rotatable bonds is 7.